The summed E-state index contributed by atoms with van der Waals surface area (Å²) in [5.41, 5.74) is 2.91. The van der Waals surface area contributed by atoms with Crippen molar-refractivity contribution < 1.29 is 4.79 Å². The van der Waals surface area contributed by atoms with Crippen LogP contribution in [-0.4, -0.2) is 28.2 Å². The smallest absolute Gasteiger partial charge is 0.321 e. The molecule has 25 heavy (non-hydrogen) atoms. The van der Waals surface area contributed by atoms with Gasteiger partial charge in [0, 0.05) is 30.9 Å². The molecule has 0 bridgehead atoms. The number of carbonyl (C=O) groups excluding carboxylic acids is 1. The number of aromatic amines is 1. The first-order valence-electron chi connectivity index (χ1n) is 7.84. The Bertz CT molecular complexity index is 901. The number of benzene rings is 2. The van der Waals surface area contributed by atoms with E-state index in [-0.39, 0.29) is 11.6 Å². The predicted molar refractivity (Wildman–Crippen MR) is 97.2 cm³/mol. The van der Waals surface area contributed by atoms with Crippen molar-refractivity contribution in [3.05, 3.63) is 82.6 Å². The highest BCUT2D eigenvalue weighted by molar-refractivity contribution is 5.89. The zero-order valence-corrected chi connectivity index (χ0v) is 13.8. The molecule has 0 saturated heterocycles. The summed E-state index contributed by atoms with van der Waals surface area (Å²) in [6.45, 7) is 0.522. The van der Waals surface area contributed by atoms with Crippen LogP contribution >= 0.6 is 0 Å². The van der Waals surface area contributed by atoms with Gasteiger partial charge in [0.15, 0.2) is 0 Å². The molecule has 0 unspecified atom stereocenters. The second-order valence-electron chi connectivity index (χ2n) is 5.66. The van der Waals surface area contributed by atoms with Crippen molar-refractivity contribution in [2.24, 2.45) is 0 Å². The Morgan fingerprint density at radius 3 is 2.60 bits per heavy atom. The molecular weight excluding hydrogens is 316 g/mol. The molecule has 0 saturated carbocycles. The minimum Gasteiger partial charge on any atom is -0.323 e. The third-order valence-electron chi connectivity index (χ3n) is 3.70. The SMILES string of the molecule is CN(Cc1ccccc1)C(=O)Nc1cccc(-c2ccc(=O)[nH]n2)c1. The number of amides is 2. The molecule has 0 atom stereocenters. The fourth-order valence-electron chi connectivity index (χ4n) is 2.41. The summed E-state index contributed by atoms with van der Waals surface area (Å²) < 4.78 is 0. The summed E-state index contributed by atoms with van der Waals surface area (Å²) in [5, 5.41) is 9.27. The van der Waals surface area contributed by atoms with Crippen molar-refractivity contribution in [3.63, 3.8) is 0 Å². The fraction of sp³-hybridized carbons (Fsp3) is 0.105. The van der Waals surface area contributed by atoms with Gasteiger partial charge in [0.1, 0.15) is 0 Å². The maximum absolute atomic E-state index is 12.4. The van der Waals surface area contributed by atoms with Crippen LogP contribution in [0.5, 0.6) is 0 Å². The molecule has 0 aliphatic rings. The van der Waals surface area contributed by atoms with Crippen molar-refractivity contribution in [1.29, 1.82) is 0 Å². The normalized spacial score (nSPS) is 10.3. The number of rotatable bonds is 4. The Morgan fingerprint density at radius 1 is 1.08 bits per heavy atom. The molecule has 6 nitrogen and oxygen atoms in total. The first-order valence-corrected chi connectivity index (χ1v) is 7.84. The van der Waals surface area contributed by atoms with Gasteiger partial charge in [-0.05, 0) is 23.8 Å². The molecule has 3 rings (SSSR count). The Morgan fingerprint density at radius 2 is 1.88 bits per heavy atom. The van der Waals surface area contributed by atoms with Gasteiger partial charge in [-0.1, -0.05) is 42.5 Å². The van der Waals surface area contributed by atoms with E-state index >= 15 is 0 Å². The van der Waals surface area contributed by atoms with Gasteiger partial charge in [-0.2, -0.15) is 5.10 Å². The van der Waals surface area contributed by atoms with Crippen LogP contribution in [0.3, 0.4) is 0 Å². The molecule has 1 aromatic heterocycles. The van der Waals surface area contributed by atoms with E-state index in [1.165, 1.54) is 6.07 Å². The van der Waals surface area contributed by atoms with Crippen LogP contribution in [0.25, 0.3) is 11.3 Å². The lowest BCUT2D eigenvalue weighted by Crippen LogP contribution is -2.30. The maximum atomic E-state index is 12.4. The third-order valence-corrected chi connectivity index (χ3v) is 3.70. The lowest BCUT2D eigenvalue weighted by molar-refractivity contribution is 0.220. The van der Waals surface area contributed by atoms with Crippen LogP contribution in [0.1, 0.15) is 5.56 Å². The first-order chi connectivity index (χ1) is 12.1. The number of hydrogen-bond donors (Lipinski definition) is 2. The summed E-state index contributed by atoms with van der Waals surface area (Å²) in [6, 6.07) is 20.0. The van der Waals surface area contributed by atoms with Crippen LogP contribution < -0.4 is 10.9 Å². The predicted octanol–water partition coefficient (Wildman–Crippen LogP) is 3.10. The monoisotopic (exact) mass is 334 g/mol. The van der Waals surface area contributed by atoms with Gasteiger partial charge in [-0.15, -0.1) is 0 Å². The average molecular weight is 334 g/mol. The van der Waals surface area contributed by atoms with Crippen molar-refractivity contribution in [1.82, 2.24) is 15.1 Å². The molecule has 6 heteroatoms. The van der Waals surface area contributed by atoms with Crippen molar-refractivity contribution in [2.45, 2.75) is 6.54 Å². The van der Waals surface area contributed by atoms with E-state index in [1.54, 1.807) is 18.0 Å². The maximum Gasteiger partial charge on any atom is 0.321 e. The number of anilines is 1. The summed E-state index contributed by atoms with van der Waals surface area (Å²) >= 11 is 0. The Labute approximate surface area is 145 Å². The molecule has 0 radical (unpaired) electrons. The number of carbonyl (C=O) groups is 1. The summed E-state index contributed by atoms with van der Waals surface area (Å²) in [4.78, 5) is 25.1. The van der Waals surface area contributed by atoms with E-state index in [0.29, 0.717) is 17.9 Å². The van der Waals surface area contributed by atoms with Gasteiger partial charge in [0.25, 0.3) is 5.56 Å². The zero-order valence-electron chi connectivity index (χ0n) is 13.8. The van der Waals surface area contributed by atoms with Crippen LogP contribution in [0.2, 0.25) is 0 Å². The Hall–Kier alpha value is -3.41. The van der Waals surface area contributed by atoms with Crippen LogP contribution in [0.4, 0.5) is 10.5 Å². The second kappa shape index (κ2) is 7.44. The standard InChI is InChI=1S/C19H18N4O2/c1-23(13-14-6-3-2-4-7-14)19(25)20-16-9-5-8-15(12-16)17-10-11-18(24)22-21-17/h2-12H,13H2,1H3,(H,20,25)(H,22,24). The third kappa shape index (κ3) is 4.32. The summed E-state index contributed by atoms with van der Waals surface area (Å²) in [6.07, 6.45) is 0. The minimum absolute atomic E-state index is 0.199. The van der Waals surface area contributed by atoms with Gasteiger partial charge < -0.3 is 10.2 Å². The number of nitrogens with one attached hydrogen (secondary N) is 2. The van der Waals surface area contributed by atoms with Crippen molar-refractivity contribution in [2.75, 3.05) is 12.4 Å². The van der Waals surface area contributed by atoms with Gasteiger partial charge in [-0.25, -0.2) is 9.89 Å². The highest BCUT2D eigenvalue weighted by Gasteiger charge is 2.10. The molecule has 2 N–H and O–H groups in total. The van der Waals surface area contributed by atoms with E-state index in [9.17, 15) is 9.59 Å². The van der Waals surface area contributed by atoms with Gasteiger partial charge in [0.2, 0.25) is 0 Å². The number of urea groups is 1. The topological polar surface area (TPSA) is 78.1 Å². The quantitative estimate of drug-likeness (QED) is 0.769. The highest BCUT2D eigenvalue weighted by Crippen LogP contribution is 2.20. The fourth-order valence-corrected chi connectivity index (χ4v) is 2.41. The lowest BCUT2D eigenvalue weighted by atomic mass is 10.1. The largest absolute Gasteiger partial charge is 0.323 e. The summed E-state index contributed by atoms with van der Waals surface area (Å²) in [5.74, 6) is 0. The van der Waals surface area contributed by atoms with Gasteiger partial charge in [0.05, 0.1) is 5.69 Å². The van der Waals surface area contributed by atoms with E-state index in [4.69, 9.17) is 0 Å². The molecule has 0 aliphatic heterocycles. The number of H-pyrrole nitrogens is 1. The number of aromatic nitrogens is 2. The van der Waals surface area contributed by atoms with E-state index in [0.717, 1.165) is 11.1 Å². The van der Waals surface area contributed by atoms with E-state index < -0.39 is 0 Å². The molecule has 3 aromatic rings. The molecule has 0 aliphatic carbocycles. The summed E-state index contributed by atoms with van der Waals surface area (Å²) in [7, 11) is 1.75. The van der Waals surface area contributed by atoms with Crippen LogP contribution in [-0.2, 0) is 6.54 Å². The lowest BCUT2D eigenvalue weighted by Gasteiger charge is -2.18. The molecule has 126 valence electrons. The van der Waals surface area contributed by atoms with E-state index in [2.05, 4.69) is 15.5 Å². The average Bonchev–Trinajstić information content (AvgIpc) is 2.63. The molecule has 0 fully saturated rings. The van der Waals surface area contributed by atoms with Gasteiger partial charge >= 0.3 is 6.03 Å². The first kappa shape index (κ1) is 16.4. The van der Waals surface area contributed by atoms with E-state index in [1.807, 2.05) is 54.6 Å². The second-order valence-corrected chi connectivity index (χ2v) is 5.66. The molecule has 2 aromatic carbocycles. The molecule has 1 heterocycles. The minimum atomic E-state index is -0.254. The van der Waals surface area contributed by atoms with Crippen LogP contribution in [0, 0.1) is 0 Å². The molecular formula is C19H18N4O2. The zero-order chi connectivity index (χ0) is 17.6. The van der Waals surface area contributed by atoms with Gasteiger partial charge in [-0.3, -0.25) is 4.79 Å². The number of hydrogen-bond acceptors (Lipinski definition) is 3. The number of nitrogens with zero attached hydrogens (tertiary/aromatic N) is 2. The Balaban J connectivity index is 1.70. The highest BCUT2D eigenvalue weighted by atomic mass is 16.2. The van der Waals surface area contributed by atoms with Crippen molar-refractivity contribution in [3.8, 4) is 11.3 Å². The van der Waals surface area contributed by atoms with Crippen molar-refractivity contribution >= 4 is 11.7 Å². The molecule has 0 spiro atoms. The Kier molecular flexibility index (Phi) is 4.89. The molecule has 2 amide bonds. The van der Waals surface area contributed by atoms with Crippen LogP contribution in [0.15, 0.2) is 71.5 Å².